The minimum Gasteiger partial charge on any atom is -0.492 e. The number of aliphatic hydroxyl groups is 1. The molecule has 36 heavy (non-hydrogen) atoms. The summed E-state index contributed by atoms with van der Waals surface area (Å²) in [6.07, 6.45) is 6.87. The van der Waals surface area contributed by atoms with Gasteiger partial charge in [-0.2, -0.15) is 0 Å². The maximum atomic E-state index is 13.4. The molecule has 0 saturated carbocycles. The zero-order valence-electron chi connectivity index (χ0n) is 20.7. The van der Waals surface area contributed by atoms with Crippen molar-refractivity contribution in [2.75, 3.05) is 20.3 Å². The largest absolute Gasteiger partial charge is 0.492 e. The smallest absolute Gasteiger partial charge is 0.255 e. The molecule has 7 nitrogen and oxygen atoms in total. The molecule has 0 bridgehead atoms. The molecule has 0 radical (unpaired) electrons. The third-order valence-electron chi connectivity index (χ3n) is 6.41. The number of H-pyrrole nitrogens is 1. The average Bonchev–Trinajstić information content (AvgIpc) is 3.15. The van der Waals surface area contributed by atoms with Crippen LogP contribution in [0.3, 0.4) is 0 Å². The molecule has 2 heterocycles. The first kappa shape index (κ1) is 25.3. The summed E-state index contributed by atoms with van der Waals surface area (Å²) in [6.45, 7) is 0.385. The van der Waals surface area contributed by atoms with E-state index in [0.29, 0.717) is 43.6 Å². The summed E-state index contributed by atoms with van der Waals surface area (Å²) in [5, 5.41) is 16.7. The number of nitrogens with one attached hydrogen (secondary N) is 3. The summed E-state index contributed by atoms with van der Waals surface area (Å²) in [5.41, 5.74) is 4.24. The van der Waals surface area contributed by atoms with E-state index < -0.39 is 6.04 Å². The molecule has 2 aromatic carbocycles. The highest BCUT2D eigenvalue weighted by Crippen LogP contribution is 2.30. The molecule has 7 heteroatoms. The fourth-order valence-corrected chi connectivity index (χ4v) is 4.49. The SMILES string of the molecule is CNC(=O)CCCC#Cc1cc2c(c(C(=O)N[C@@H](CO)Cc3c[nH]c4ccccc34)c1)OCCCC2. The lowest BCUT2D eigenvalue weighted by Crippen LogP contribution is -2.39. The predicted octanol–water partition coefficient (Wildman–Crippen LogP) is 3.48. The minimum atomic E-state index is -0.447. The quantitative estimate of drug-likeness (QED) is 0.289. The van der Waals surface area contributed by atoms with Gasteiger partial charge in [0.25, 0.3) is 5.91 Å². The number of para-hydroxylation sites is 1. The summed E-state index contributed by atoms with van der Waals surface area (Å²) in [6, 6.07) is 11.3. The third kappa shape index (κ3) is 6.27. The van der Waals surface area contributed by atoms with Crippen LogP contribution in [0.4, 0.5) is 0 Å². The molecular formula is C29H33N3O4. The molecule has 1 aliphatic heterocycles. The van der Waals surface area contributed by atoms with Gasteiger partial charge < -0.3 is 25.5 Å². The number of carbonyl (C=O) groups is 2. The van der Waals surface area contributed by atoms with Gasteiger partial charge in [0.1, 0.15) is 5.75 Å². The van der Waals surface area contributed by atoms with Crippen molar-refractivity contribution >= 4 is 22.7 Å². The summed E-state index contributed by atoms with van der Waals surface area (Å²) in [4.78, 5) is 28.1. The lowest BCUT2D eigenvalue weighted by atomic mass is 9.99. The first-order valence-corrected chi connectivity index (χ1v) is 12.5. The Morgan fingerprint density at radius 3 is 2.92 bits per heavy atom. The van der Waals surface area contributed by atoms with Gasteiger partial charge in [-0.05, 0) is 61.4 Å². The van der Waals surface area contributed by atoms with Crippen molar-refractivity contribution in [2.45, 2.75) is 51.0 Å². The van der Waals surface area contributed by atoms with Gasteiger partial charge in [0.15, 0.2) is 0 Å². The lowest BCUT2D eigenvalue weighted by molar-refractivity contribution is -0.120. The number of unbranched alkanes of at least 4 members (excludes halogenated alkanes) is 1. The number of aromatic amines is 1. The third-order valence-corrected chi connectivity index (χ3v) is 6.41. The van der Waals surface area contributed by atoms with Gasteiger partial charge in [0.2, 0.25) is 5.91 Å². The topological polar surface area (TPSA) is 103 Å². The van der Waals surface area contributed by atoms with E-state index in [-0.39, 0.29) is 18.4 Å². The molecule has 0 aliphatic carbocycles. The summed E-state index contributed by atoms with van der Waals surface area (Å²) < 4.78 is 6.00. The van der Waals surface area contributed by atoms with E-state index in [1.807, 2.05) is 36.5 Å². The predicted molar refractivity (Wildman–Crippen MR) is 140 cm³/mol. The van der Waals surface area contributed by atoms with Crippen molar-refractivity contribution in [1.29, 1.82) is 0 Å². The molecule has 1 aliphatic rings. The van der Waals surface area contributed by atoms with Crippen LogP contribution in [0.15, 0.2) is 42.6 Å². The Morgan fingerprint density at radius 1 is 1.22 bits per heavy atom. The molecule has 3 aromatic rings. The molecule has 0 spiro atoms. The number of amides is 2. The molecule has 1 atom stereocenters. The standard InChI is InChI=1S/C29H33N3O4/c1-30-27(34)13-4-2-3-9-20-15-21-10-7-8-14-36-28(21)25(16-20)29(35)32-23(19-33)17-22-18-31-26-12-6-5-11-24(22)26/h5-6,11-12,15-16,18,23,31,33H,2,4,7-8,10,13-14,17,19H2,1H3,(H,30,34)(H,32,35)/t23-/m1/s1. The molecular weight excluding hydrogens is 454 g/mol. The molecule has 4 rings (SSSR count). The average molecular weight is 488 g/mol. The Balaban J connectivity index is 1.52. The van der Waals surface area contributed by atoms with E-state index in [2.05, 4.69) is 27.5 Å². The van der Waals surface area contributed by atoms with Gasteiger partial charge in [-0.15, -0.1) is 0 Å². The van der Waals surface area contributed by atoms with Crippen LogP contribution >= 0.6 is 0 Å². The number of fused-ring (bicyclic) bond motifs is 2. The Labute approximate surface area is 211 Å². The summed E-state index contributed by atoms with van der Waals surface area (Å²) in [7, 11) is 1.63. The maximum absolute atomic E-state index is 13.4. The molecule has 1 aromatic heterocycles. The van der Waals surface area contributed by atoms with Gasteiger partial charge in [0.05, 0.1) is 24.8 Å². The van der Waals surface area contributed by atoms with Crippen LogP contribution < -0.4 is 15.4 Å². The minimum absolute atomic E-state index is 0.00371. The molecule has 0 saturated heterocycles. The van der Waals surface area contributed by atoms with Gasteiger partial charge in [-0.1, -0.05) is 30.0 Å². The molecule has 4 N–H and O–H groups in total. The highest BCUT2D eigenvalue weighted by molar-refractivity contribution is 5.98. The van der Waals surface area contributed by atoms with E-state index in [0.717, 1.165) is 46.9 Å². The van der Waals surface area contributed by atoms with Crippen LogP contribution in [0.25, 0.3) is 10.9 Å². The van der Waals surface area contributed by atoms with Crippen molar-refractivity contribution in [3.8, 4) is 17.6 Å². The Hall–Kier alpha value is -3.76. The van der Waals surface area contributed by atoms with Crippen LogP contribution in [-0.4, -0.2) is 48.2 Å². The number of benzene rings is 2. The molecule has 0 fully saturated rings. The fraction of sp³-hybridized carbons (Fsp3) is 0.379. The van der Waals surface area contributed by atoms with Crippen molar-refractivity contribution in [2.24, 2.45) is 0 Å². The number of aromatic nitrogens is 1. The van der Waals surface area contributed by atoms with Crippen molar-refractivity contribution in [3.63, 3.8) is 0 Å². The zero-order chi connectivity index (χ0) is 25.3. The Kier molecular flexibility index (Phi) is 8.64. The lowest BCUT2D eigenvalue weighted by Gasteiger charge is -2.19. The molecule has 0 unspecified atom stereocenters. The van der Waals surface area contributed by atoms with Gasteiger partial charge in [-0.25, -0.2) is 0 Å². The van der Waals surface area contributed by atoms with Crippen molar-refractivity contribution in [3.05, 3.63) is 64.8 Å². The first-order chi connectivity index (χ1) is 17.6. The zero-order valence-corrected chi connectivity index (χ0v) is 20.7. The molecule has 188 valence electrons. The van der Waals surface area contributed by atoms with Crippen molar-refractivity contribution < 1.29 is 19.4 Å². The second-order valence-electron chi connectivity index (χ2n) is 9.06. The fourth-order valence-electron chi connectivity index (χ4n) is 4.49. The van der Waals surface area contributed by atoms with E-state index >= 15 is 0 Å². The maximum Gasteiger partial charge on any atom is 0.255 e. The highest BCUT2D eigenvalue weighted by Gasteiger charge is 2.22. The normalized spacial score (nSPS) is 13.5. The Bertz CT molecular complexity index is 1280. The number of rotatable bonds is 8. The van der Waals surface area contributed by atoms with E-state index in [1.54, 1.807) is 13.1 Å². The van der Waals surface area contributed by atoms with E-state index in [1.165, 1.54) is 0 Å². The van der Waals surface area contributed by atoms with Crippen LogP contribution in [0, 0.1) is 11.8 Å². The molecule has 2 amide bonds. The first-order valence-electron chi connectivity index (χ1n) is 12.5. The number of hydrogen-bond donors (Lipinski definition) is 4. The summed E-state index contributed by atoms with van der Waals surface area (Å²) >= 11 is 0. The van der Waals surface area contributed by atoms with E-state index in [9.17, 15) is 14.7 Å². The van der Waals surface area contributed by atoms with Crippen LogP contribution in [0.2, 0.25) is 0 Å². The Morgan fingerprint density at radius 2 is 2.08 bits per heavy atom. The number of carbonyl (C=O) groups excluding carboxylic acids is 2. The van der Waals surface area contributed by atoms with E-state index in [4.69, 9.17) is 4.74 Å². The highest BCUT2D eigenvalue weighted by atomic mass is 16.5. The second-order valence-corrected chi connectivity index (χ2v) is 9.06. The number of ether oxygens (including phenoxy) is 1. The van der Waals surface area contributed by atoms with Gasteiger partial charge in [0, 0.05) is 42.6 Å². The van der Waals surface area contributed by atoms with Crippen LogP contribution in [-0.2, 0) is 17.6 Å². The number of aryl methyl sites for hydroxylation is 1. The monoisotopic (exact) mass is 487 g/mol. The number of hydrogen-bond acceptors (Lipinski definition) is 4. The summed E-state index contributed by atoms with van der Waals surface area (Å²) in [5.74, 6) is 6.61. The van der Waals surface area contributed by atoms with Crippen molar-refractivity contribution in [1.82, 2.24) is 15.6 Å². The van der Waals surface area contributed by atoms with Gasteiger partial charge >= 0.3 is 0 Å². The van der Waals surface area contributed by atoms with Gasteiger partial charge in [-0.3, -0.25) is 9.59 Å². The second kappa shape index (κ2) is 12.3. The van der Waals surface area contributed by atoms with Crippen LogP contribution in [0.1, 0.15) is 59.2 Å². The number of aliphatic hydroxyl groups excluding tert-OH is 1. The van der Waals surface area contributed by atoms with Crippen LogP contribution in [0.5, 0.6) is 5.75 Å².